The standard InChI is InChI=1S/C9H10ClNO2S/c1-2-8-7(6-11)4-3-5-9(8)14(10,12)13/h2-6,11-13H,1H2. The first kappa shape index (κ1) is 11.3. The molecule has 0 bridgehead atoms. The monoisotopic (exact) mass is 231 g/mol. The van der Waals surface area contributed by atoms with Gasteiger partial charge in [-0.3, -0.25) is 9.11 Å². The lowest BCUT2D eigenvalue weighted by Gasteiger charge is -2.25. The van der Waals surface area contributed by atoms with Crippen LogP contribution in [0.25, 0.3) is 6.08 Å². The van der Waals surface area contributed by atoms with Gasteiger partial charge in [-0.1, -0.05) is 34.6 Å². The molecule has 0 fully saturated rings. The maximum absolute atomic E-state index is 9.30. The van der Waals surface area contributed by atoms with Gasteiger partial charge in [-0.2, -0.15) is 0 Å². The van der Waals surface area contributed by atoms with Crippen molar-refractivity contribution in [1.29, 1.82) is 5.41 Å². The van der Waals surface area contributed by atoms with Crippen molar-refractivity contribution in [3.63, 3.8) is 0 Å². The first-order chi connectivity index (χ1) is 6.50. The van der Waals surface area contributed by atoms with Crippen LogP contribution in [-0.4, -0.2) is 15.3 Å². The van der Waals surface area contributed by atoms with Crippen LogP contribution in [0.15, 0.2) is 29.7 Å². The minimum Gasteiger partial charge on any atom is -0.308 e. The van der Waals surface area contributed by atoms with Gasteiger partial charge in [-0.15, -0.1) is 0 Å². The van der Waals surface area contributed by atoms with Gasteiger partial charge in [0.1, 0.15) is 0 Å². The smallest absolute Gasteiger partial charge is 0.0834 e. The molecule has 1 aromatic rings. The quantitative estimate of drug-likeness (QED) is 0.696. The van der Waals surface area contributed by atoms with E-state index in [1.54, 1.807) is 12.1 Å². The van der Waals surface area contributed by atoms with E-state index < -0.39 is 9.80 Å². The summed E-state index contributed by atoms with van der Waals surface area (Å²) in [5, 5.41) is 7.12. The van der Waals surface area contributed by atoms with Crippen LogP contribution in [0.3, 0.4) is 0 Å². The van der Waals surface area contributed by atoms with Gasteiger partial charge in [0.2, 0.25) is 0 Å². The topological polar surface area (TPSA) is 64.3 Å². The maximum Gasteiger partial charge on any atom is 0.0834 e. The third-order valence-corrected chi connectivity index (χ3v) is 3.15. The van der Waals surface area contributed by atoms with E-state index in [-0.39, 0.29) is 4.90 Å². The molecule has 14 heavy (non-hydrogen) atoms. The highest BCUT2D eigenvalue weighted by atomic mass is 35.7. The molecule has 0 unspecified atom stereocenters. The maximum atomic E-state index is 9.30. The van der Waals surface area contributed by atoms with Crippen LogP contribution < -0.4 is 0 Å². The molecule has 0 aliphatic rings. The first-order valence-corrected chi connectivity index (χ1v) is 6.11. The third-order valence-electron chi connectivity index (χ3n) is 1.74. The molecule has 0 amide bonds. The second-order valence-electron chi connectivity index (χ2n) is 2.59. The largest absolute Gasteiger partial charge is 0.308 e. The molecule has 0 aromatic heterocycles. The average Bonchev–Trinajstić information content (AvgIpc) is 2.15. The molecule has 0 aliphatic carbocycles. The molecule has 0 spiro atoms. The minimum atomic E-state index is -3.28. The lowest BCUT2D eigenvalue weighted by Crippen LogP contribution is -1.96. The van der Waals surface area contributed by atoms with E-state index >= 15 is 0 Å². The van der Waals surface area contributed by atoms with Crippen molar-refractivity contribution in [2.45, 2.75) is 4.90 Å². The van der Waals surface area contributed by atoms with Crippen molar-refractivity contribution in [2.24, 2.45) is 0 Å². The van der Waals surface area contributed by atoms with Gasteiger partial charge in [-0.25, -0.2) is 0 Å². The zero-order valence-electron chi connectivity index (χ0n) is 7.27. The average molecular weight is 232 g/mol. The molecule has 0 saturated carbocycles. The third kappa shape index (κ3) is 2.16. The number of hydrogen-bond donors (Lipinski definition) is 3. The Morgan fingerprint density at radius 1 is 1.43 bits per heavy atom. The summed E-state index contributed by atoms with van der Waals surface area (Å²) in [7, 11) is 2.16. The van der Waals surface area contributed by atoms with E-state index in [9.17, 15) is 9.11 Å². The Labute approximate surface area is 88.4 Å². The summed E-state index contributed by atoms with van der Waals surface area (Å²) in [6.45, 7) is 3.54. The normalized spacial score (nSPS) is 12.2. The molecule has 76 valence electrons. The van der Waals surface area contributed by atoms with Crippen LogP contribution >= 0.6 is 20.5 Å². The van der Waals surface area contributed by atoms with Gasteiger partial charge in [-0.05, 0) is 6.07 Å². The molecule has 0 saturated heterocycles. The molecule has 0 heterocycles. The molecular formula is C9H10ClNO2S. The fourth-order valence-corrected chi connectivity index (χ4v) is 2.27. The van der Waals surface area contributed by atoms with E-state index in [0.717, 1.165) is 6.21 Å². The van der Waals surface area contributed by atoms with Crippen LogP contribution in [0, 0.1) is 5.41 Å². The second-order valence-corrected chi connectivity index (χ2v) is 5.28. The SMILES string of the molecule is C=Cc1c(C=N)cccc1S(O)(O)Cl. The molecule has 0 radical (unpaired) electrons. The van der Waals surface area contributed by atoms with Crippen LogP contribution in [0.5, 0.6) is 0 Å². The fraction of sp³-hybridized carbons (Fsp3) is 0. The van der Waals surface area contributed by atoms with Crippen LogP contribution in [-0.2, 0) is 0 Å². The van der Waals surface area contributed by atoms with Crippen LogP contribution in [0.2, 0.25) is 0 Å². The summed E-state index contributed by atoms with van der Waals surface area (Å²) in [4.78, 5) is 0.204. The van der Waals surface area contributed by atoms with Crippen molar-refractivity contribution >= 4 is 32.8 Å². The zero-order chi connectivity index (χ0) is 10.8. The number of nitrogens with one attached hydrogen (secondary N) is 1. The molecule has 3 nitrogen and oxygen atoms in total. The number of hydrogen-bond acceptors (Lipinski definition) is 3. The summed E-state index contributed by atoms with van der Waals surface area (Å²) >= 11 is 0. The highest BCUT2D eigenvalue weighted by Crippen LogP contribution is 2.54. The van der Waals surface area contributed by atoms with Crippen molar-refractivity contribution in [3.05, 3.63) is 35.9 Å². The van der Waals surface area contributed by atoms with Crippen LogP contribution in [0.1, 0.15) is 11.1 Å². The van der Waals surface area contributed by atoms with E-state index in [1.807, 2.05) is 0 Å². The van der Waals surface area contributed by atoms with Gasteiger partial charge >= 0.3 is 0 Å². The van der Waals surface area contributed by atoms with Crippen molar-refractivity contribution in [2.75, 3.05) is 0 Å². The Bertz CT molecular complexity index is 374. The van der Waals surface area contributed by atoms with Gasteiger partial charge in [0, 0.05) is 28.0 Å². The molecule has 3 N–H and O–H groups in total. The highest BCUT2D eigenvalue weighted by Gasteiger charge is 2.16. The summed E-state index contributed by atoms with van der Waals surface area (Å²) in [6.07, 6.45) is 2.56. The molecule has 0 atom stereocenters. The Kier molecular flexibility index (Phi) is 3.34. The number of halogens is 1. The number of rotatable bonds is 3. The Balaban J connectivity index is 3.44. The Morgan fingerprint density at radius 2 is 2.07 bits per heavy atom. The predicted octanol–water partition coefficient (Wildman–Crippen LogP) is 3.59. The van der Waals surface area contributed by atoms with E-state index in [4.69, 9.17) is 16.1 Å². The summed E-state index contributed by atoms with van der Waals surface area (Å²) in [5.74, 6) is 0. The lowest BCUT2D eigenvalue weighted by molar-refractivity contribution is 0.507. The molecular weight excluding hydrogens is 222 g/mol. The first-order valence-electron chi connectivity index (χ1n) is 3.74. The summed E-state index contributed by atoms with van der Waals surface area (Å²) in [6, 6.07) is 4.79. The molecule has 1 rings (SSSR count). The molecule has 5 heteroatoms. The predicted molar refractivity (Wildman–Crippen MR) is 61.4 cm³/mol. The van der Waals surface area contributed by atoms with E-state index in [2.05, 4.69) is 6.58 Å². The Morgan fingerprint density at radius 3 is 2.50 bits per heavy atom. The van der Waals surface area contributed by atoms with Gasteiger partial charge in [0.05, 0.1) is 4.90 Å². The Hall–Kier alpha value is -0.810. The highest BCUT2D eigenvalue weighted by molar-refractivity contribution is 8.43. The second kappa shape index (κ2) is 4.14. The van der Waals surface area contributed by atoms with Gasteiger partial charge < -0.3 is 5.41 Å². The van der Waals surface area contributed by atoms with Gasteiger partial charge in [0.25, 0.3) is 0 Å². The molecule has 0 aliphatic heterocycles. The molecule has 1 aromatic carbocycles. The van der Waals surface area contributed by atoms with Gasteiger partial charge in [0.15, 0.2) is 0 Å². The minimum absolute atomic E-state index is 0.204. The van der Waals surface area contributed by atoms with E-state index in [1.165, 1.54) is 12.1 Å². The van der Waals surface area contributed by atoms with Crippen molar-refractivity contribution in [1.82, 2.24) is 0 Å². The van der Waals surface area contributed by atoms with Crippen LogP contribution in [0.4, 0.5) is 0 Å². The lowest BCUT2D eigenvalue weighted by atomic mass is 10.1. The van der Waals surface area contributed by atoms with Crippen molar-refractivity contribution in [3.8, 4) is 0 Å². The summed E-state index contributed by atoms with van der Waals surface area (Å²) < 4.78 is 18.6. The van der Waals surface area contributed by atoms with E-state index in [0.29, 0.717) is 11.1 Å². The number of benzene rings is 1. The zero-order valence-corrected chi connectivity index (χ0v) is 8.85. The fourth-order valence-electron chi connectivity index (χ4n) is 1.13. The van der Waals surface area contributed by atoms with Crippen molar-refractivity contribution < 1.29 is 9.11 Å². The summed E-state index contributed by atoms with van der Waals surface area (Å²) in [5.41, 5.74) is 1.04.